The fourth-order valence-electron chi connectivity index (χ4n) is 3.79. The van der Waals surface area contributed by atoms with Crippen molar-refractivity contribution in [3.63, 3.8) is 0 Å². The summed E-state index contributed by atoms with van der Waals surface area (Å²) < 4.78 is 53.3. The van der Waals surface area contributed by atoms with Crippen LogP contribution in [0.25, 0.3) is 11.4 Å². The first-order valence-corrected chi connectivity index (χ1v) is 9.73. The van der Waals surface area contributed by atoms with Crippen LogP contribution in [0.2, 0.25) is 0 Å². The number of aliphatic hydroxyl groups excluding tert-OH is 1. The maximum atomic E-state index is 13.9. The van der Waals surface area contributed by atoms with Crippen molar-refractivity contribution in [3.8, 4) is 11.4 Å². The summed E-state index contributed by atoms with van der Waals surface area (Å²) in [6.45, 7) is -0.0912. The van der Waals surface area contributed by atoms with Gasteiger partial charge in [0, 0.05) is 31.3 Å². The van der Waals surface area contributed by atoms with Gasteiger partial charge in [-0.25, -0.2) is 14.4 Å². The number of carbonyl (C=O) groups is 1. The standard InChI is InChI=1S/C22H18F4N4O2/c1-30-5-3-15-16(21(30)32)2-4-27-20(15)19-9-18(28-11-29-19)17(10-31)12-6-13(22(24,25)26)8-14(23)7-12/h2,4,6-9,11,17,31H,3,5,10H2,1H3/t17-/m0/s1. The fourth-order valence-corrected chi connectivity index (χ4v) is 3.79. The summed E-state index contributed by atoms with van der Waals surface area (Å²) in [5, 5.41) is 9.90. The third-order valence-electron chi connectivity index (χ3n) is 5.45. The fraction of sp³-hybridized carbons (Fsp3) is 0.273. The molecule has 1 aliphatic rings. The van der Waals surface area contributed by atoms with E-state index in [1.807, 2.05) is 0 Å². The van der Waals surface area contributed by atoms with Gasteiger partial charge in [0.15, 0.2) is 0 Å². The second kappa shape index (κ2) is 8.27. The highest BCUT2D eigenvalue weighted by atomic mass is 19.4. The summed E-state index contributed by atoms with van der Waals surface area (Å²) in [5.74, 6) is -2.22. The quantitative estimate of drug-likeness (QED) is 0.621. The average Bonchev–Trinajstić information content (AvgIpc) is 2.76. The van der Waals surface area contributed by atoms with E-state index in [0.29, 0.717) is 41.5 Å². The average molecular weight is 446 g/mol. The molecule has 1 aromatic carbocycles. The number of halogens is 4. The molecule has 0 bridgehead atoms. The molecule has 1 aliphatic heterocycles. The zero-order valence-electron chi connectivity index (χ0n) is 16.9. The Kier molecular flexibility index (Phi) is 5.64. The highest BCUT2D eigenvalue weighted by molar-refractivity contribution is 5.98. The number of benzene rings is 1. The van der Waals surface area contributed by atoms with Gasteiger partial charge < -0.3 is 10.0 Å². The van der Waals surface area contributed by atoms with E-state index in [1.165, 1.54) is 18.6 Å². The van der Waals surface area contributed by atoms with Crippen molar-refractivity contribution in [3.05, 3.63) is 76.6 Å². The minimum Gasteiger partial charge on any atom is -0.395 e. The lowest BCUT2D eigenvalue weighted by atomic mass is 9.92. The molecule has 1 atom stereocenters. The van der Waals surface area contributed by atoms with Gasteiger partial charge in [0.2, 0.25) is 0 Å². The Hall–Kier alpha value is -3.40. The molecule has 0 spiro atoms. The number of hydrogen-bond acceptors (Lipinski definition) is 5. The molecule has 10 heteroatoms. The van der Waals surface area contributed by atoms with Gasteiger partial charge in [0.1, 0.15) is 12.1 Å². The number of amides is 1. The molecule has 1 N–H and O–H groups in total. The molecule has 166 valence electrons. The zero-order valence-corrected chi connectivity index (χ0v) is 16.9. The molecule has 32 heavy (non-hydrogen) atoms. The van der Waals surface area contributed by atoms with Crippen LogP contribution in [0.15, 0.2) is 42.9 Å². The Bertz CT molecular complexity index is 1180. The van der Waals surface area contributed by atoms with E-state index < -0.39 is 30.1 Å². The van der Waals surface area contributed by atoms with Crippen LogP contribution >= 0.6 is 0 Å². The second-order valence-electron chi connectivity index (χ2n) is 7.50. The van der Waals surface area contributed by atoms with E-state index in [2.05, 4.69) is 15.0 Å². The first-order chi connectivity index (χ1) is 15.2. The molecule has 3 aromatic rings. The molecule has 6 nitrogen and oxygen atoms in total. The van der Waals surface area contributed by atoms with Crippen LogP contribution < -0.4 is 0 Å². The van der Waals surface area contributed by atoms with Crippen molar-refractivity contribution >= 4 is 5.91 Å². The summed E-state index contributed by atoms with van der Waals surface area (Å²) in [5.41, 5.74) is 1.02. The Labute approximate surface area is 180 Å². The molecule has 0 aliphatic carbocycles. The van der Waals surface area contributed by atoms with Crippen LogP contribution in [0.3, 0.4) is 0 Å². The maximum Gasteiger partial charge on any atom is 0.416 e. The van der Waals surface area contributed by atoms with E-state index in [0.717, 1.165) is 12.1 Å². The summed E-state index contributed by atoms with van der Waals surface area (Å²) in [6.07, 6.45) is -1.49. The number of carbonyl (C=O) groups excluding carboxylic acids is 1. The van der Waals surface area contributed by atoms with Crippen LogP contribution in [-0.2, 0) is 12.6 Å². The molecule has 4 rings (SSSR count). The normalized spacial score (nSPS) is 14.9. The molecule has 2 aromatic heterocycles. The zero-order chi connectivity index (χ0) is 23.0. The molecule has 0 saturated carbocycles. The van der Waals surface area contributed by atoms with E-state index in [9.17, 15) is 27.5 Å². The predicted octanol–water partition coefficient (Wildman–Crippen LogP) is 3.45. The predicted molar refractivity (Wildman–Crippen MR) is 106 cm³/mol. The number of aromatic nitrogens is 3. The smallest absolute Gasteiger partial charge is 0.395 e. The summed E-state index contributed by atoms with van der Waals surface area (Å²) >= 11 is 0. The van der Waals surface area contributed by atoms with E-state index in [4.69, 9.17) is 0 Å². The van der Waals surface area contributed by atoms with Crippen LogP contribution in [0, 0.1) is 5.82 Å². The van der Waals surface area contributed by atoms with Gasteiger partial charge in [-0.3, -0.25) is 9.78 Å². The molecule has 0 fully saturated rings. The van der Waals surface area contributed by atoms with Crippen molar-refractivity contribution in [2.45, 2.75) is 18.5 Å². The Balaban J connectivity index is 1.77. The van der Waals surface area contributed by atoms with Crippen molar-refractivity contribution in [1.29, 1.82) is 0 Å². The van der Waals surface area contributed by atoms with Crippen molar-refractivity contribution < 1.29 is 27.5 Å². The summed E-state index contributed by atoms with van der Waals surface area (Å²) in [7, 11) is 1.70. The number of alkyl halides is 3. The number of aliphatic hydroxyl groups is 1. The third-order valence-corrected chi connectivity index (χ3v) is 5.45. The lowest BCUT2D eigenvalue weighted by Crippen LogP contribution is -2.34. The molecular weight excluding hydrogens is 428 g/mol. The lowest BCUT2D eigenvalue weighted by molar-refractivity contribution is -0.137. The van der Waals surface area contributed by atoms with Crippen LogP contribution in [0.4, 0.5) is 17.6 Å². The van der Waals surface area contributed by atoms with Crippen molar-refractivity contribution in [1.82, 2.24) is 19.9 Å². The summed E-state index contributed by atoms with van der Waals surface area (Å²) in [4.78, 5) is 26.7. The molecule has 3 heterocycles. The van der Waals surface area contributed by atoms with Gasteiger partial charge in [-0.1, -0.05) is 0 Å². The number of nitrogens with zero attached hydrogens (tertiary/aromatic N) is 4. The lowest BCUT2D eigenvalue weighted by Gasteiger charge is -2.26. The number of likely N-dealkylation sites (N-methyl/N-ethyl adjacent to an activating group) is 1. The SMILES string of the molecule is CN1CCc2c(ccnc2-c2cc([C@@H](CO)c3cc(F)cc(C(F)(F)F)c3)ncn2)C1=O. The second-order valence-corrected chi connectivity index (χ2v) is 7.50. The Morgan fingerprint density at radius 2 is 1.94 bits per heavy atom. The number of fused-ring (bicyclic) bond motifs is 1. The third kappa shape index (κ3) is 4.05. The minimum absolute atomic E-state index is 0.0654. The van der Waals surface area contributed by atoms with Gasteiger partial charge in [-0.15, -0.1) is 0 Å². The molecular formula is C22H18F4N4O2. The summed E-state index contributed by atoms with van der Waals surface area (Å²) in [6, 6.07) is 5.25. The molecule has 0 unspecified atom stereocenters. The maximum absolute atomic E-state index is 13.9. The van der Waals surface area contributed by atoms with Gasteiger partial charge in [-0.05, 0) is 47.9 Å². The first kappa shape index (κ1) is 21.8. The van der Waals surface area contributed by atoms with Gasteiger partial charge in [0.05, 0.1) is 29.3 Å². The monoisotopic (exact) mass is 446 g/mol. The largest absolute Gasteiger partial charge is 0.416 e. The first-order valence-electron chi connectivity index (χ1n) is 9.73. The van der Waals surface area contributed by atoms with Crippen LogP contribution in [0.1, 0.15) is 38.7 Å². The van der Waals surface area contributed by atoms with E-state index >= 15 is 0 Å². The number of rotatable bonds is 4. The number of pyridine rings is 1. The molecule has 0 saturated heterocycles. The van der Waals surface area contributed by atoms with Gasteiger partial charge >= 0.3 is 6.18 Å². The highest BCUT2D eigenvalue weighted by Crippen LogP contribution is 2.34. The topological polar surface area (TPSA) is 79.2 Å². The van der Waals surface area contributed by atoms with Crippen molar-refractivity contribution in [2.24, 2.45) is 0 Å². The van der Waals surface area contributed by atoms with E-state index in [-0.39, 0.29) is 17.2 Å². The molecule has 1 amide bonds. The van der Waals surface area contributed by atoms with Crippen LogP contribution in [0.5, 0.6) is 0 Å². The van der Waals surface area contributed by atoms with Gasteiger partial charge in [-0.2, -0.15) is 13.2 Å². The van der Waals surface area contributed by atoms with Crippen molar-refractivity contribution in [2.75, 3.05) is 20.2 Å². The number of hydrogen-bond donors (Lipinski definition) is 1. The Morgan fingerprint density at radius 1 is 1.16 bits per heavy atom. The van der Waals surface area contributed by atoms with E-state index in [1.54, 1.807) is 18.0 Å². The highest BCUT2D eigenvalue weighted by Gasteiger charge is 2.32. The van der Waals surface area contributed by atoms with Gasteiger partial charge in [0.25, 0.3) is 5.91 Å². The molecule has 0 radical (unpaired) electrons. The Morgan fingerprint density at radius 3 is 2.66 bits per heavy atom. The van der Waals surface area contributed by atoms with Crippen LogP contribution in [-0.4, -0.2) is 51.1 Å². The minimum atomic E-state index is -4.74.